The van der Waals surface area contributed by atoms with Crippen molar-refractivity contribution in [2.24, 2.45) is 0 Å². The lowest BCUT2D eigenvalue weighted by molar-refractivity contribution is 0.742. The second-order valence-electron chi connectivity index (χ2n) is 3.89. The number of rotatable bonds is 6. The molecule has 0 fully saturated rings. The Hall–Kier alpha value is -0.210. The average Bonchev–Trinajstić information content (AvgIpc) is 2.28. The summed E-state index contributed by atoms with van der Waals surface area (Å²) in [6.07, 6.45) is 2.33. The normalized spacial score (nSPS) is 10.5. The number of benzene rings is 1. The van der Waals surface area contributed by atoms with E-state index >= 15 is 0 Å². The van der Waals surface area contributed by atoms with Crippen LogP contribution in [0.5, 0.6) is 0 Å². The molecule has 1 rings (SSSR count). The quantitative estimate of drug-likeness (QED) is 0.681. The predicted molar refractivity (Wildman–Crippen MR) is 76.5 cm³/mol. The van der Waals surface area contributed by atoms with E-state index in [1.165, 1.54) is 11.3 Å². The molecule has 1 aromatic carbocycles. The number of hydrogen-bond acceptors (Lipinski definition) is 1. The van der Waals surface area contributed by atoms with Crippen LogP contribution in [0.25, 0.3) is 0 Å². The van der Waals surface area contributed by atoms with Crippen molar-refractivity contribution in [1.29, 1.82) is 0 Å². The van der Waals surface area contributed by atoms with Crippen molar-refractivity contribution in [2.75, 3.05) is 18.0 Å². The summed E-state index contributed by atoms with van der Waals surface area (Å²) >= 11 is 9.49. The van der Waals surface area contributed by atoms with Crippen LogP contribution in [0.3, 0.4) is 0 Å². The minimum Gasteiger partial charge on any atom is -0.371 e. The first-order valence-corrected chi connectivity index (χ1v) is 7.15. The zero-order valence-electron chi connectivity index (χ0n) is 9.97. The third kappa shape index (κ3) is 3.67. The van der Waals surface area contributed by atoms with Crippen LogP contribution in [0.4, 0.5) is 5.69 Å². The molecule has 0 bridgehead atoms. The molecule has 0 atom stereocenters. The predicted octanol–water partition coefficient (Wildman–Crippen LogP) is 4.81. The number of nitrogens with zero attached hydrogens (tertiary/aromatic N) is 1. The molecule has 0 amide bonds. The molecule has 0 N–H and O–H groups in total. The number of halogens is 2. The van der Waals surface area contributed by atoms with Gasteiger partial charge in [-0.3, -0.25) is 0 Å². The van der Waals surface area contributed by atoms with Crippen LogP contribution >= 0.6 is 27.5 Å². The van der Waals surface area contributed by atoms with E-state index in [0.29, 0.717) is 5.88 Å². The van der Waals surface area contributed by atoms with Crippen molar-refractivity contribution in [1.82, 2.24) is 0 Å². The van der Waals surface area contributed by atoms with Gasteiger partial charge in [-0.05, 0) is 36.6 Å². The van der Waals surface area contributed by atoms with Crippen molar-refractivity contribution >= 4 is 33.2 Å². The van der Waals surface area contributed by atoms with Crippen LogP contribution in [0.2, 0.25) is 0 Å². The fraction of sp³-hybridized carbons (Fsp3) is 0.538. The second kappa shape index (κ2) is 7.18. The molecule has 0 saturated carbocycles. The van der Waals surface area contributed by atoms with Crippen molar-refractivity contribution in [2.45, 2.75) is 32.6 Å². The highest BCUT2D eigenvalue weighted by atomic mass is 79.9. The molecule has 16 heavy (non-hydrogen) atoms. The van der Waals surface area contributed by atoms with Crippen molar-refractivity contribution < 1.29 is 0 Å². The van der Waals surface area contributed by atoms with Crippen LogP contribution < -0.4 is 4.90 Å². The number of alkyl halides is 1. The molecule has 1 nitrogen and oxygen atoms in total. The maximum atomic E-state index is 6.00. The van der Waals surface area contributed by atoms with Crippen molar-refractivity contribution in [3.05, 3.63) is 28.2 Å². The first-order chi connectivity index (χ1) is 7.72. The van der Waals surface area contributed by atoms with Crippen LogP contribution in [-0.4, -0.2) is 13.1 Å². The molecule has 0 heterocycles. The van der Waals surface area contributed by atoms with Gasteiger partial charge in [-0.25, -0.2) is 0 Å². The number of anilines is 1. The Kier molecular flexibility index (Phi) is 6.22. The summed E-state index contributed by atoms with van der Waals surface area (Å²) in [6.45, 7) is 6.61. The van der Waals surface area contributed by atoms with Gasteiger partial charge in [-0.15, -0.1) is 11.6 Å². The Morgan fingerprint density at radius 1 is 1.19 bits per heavy atom. The maximum Gasteiger partial charge on any atom is 0.0494 e. The third-order valence-corrected chi connectivity index (χ3v) is 3.29. The van der Waals surface area contributed by atoms with E-state index in [4.69, 9.17) is 11.6 Å². The largest absolute Gasteiger partial charge is 0.371 e. The van der Waals surface area contributed by atoms with E-state index in [-0.39, 0.29) is 0 Å². The van der Waals surface area contributed by atoms with Crippen LogP contribution in [0.1, 0.15) is 32.3 Å². The minimum atomic E-state index is 0.568. The number of hydrogen-bond donors (Lipinski definition) is 0. The van der Waals surface area contributed by atoms with Gasteiger partial charge in [0.2, 0.25) is 0 Å². The van der Waals surface area contributed by atoms with E-state index in [9.17, 15) is 0 Å². The lowest BCUT2D eigenvalue weighted by Crippen LogP contribution is -2.25. The van der Waals surface area contributed by atoms with Crippen LogP contribution in [0, 0.1) is 0 Å². The molecule has 3 heteroatoms. The first kappa shape index (κ1) is 13.9. The van der Waals surface area contributed by atoms with Gasteiger partial charge in [0.25, 0.3) is 0 Å². The summed E-state index contributed by atoms with van der Waals surface area (Å²) in [5.41, 5.74) is 2.49. The van der Waals surface area contributed by atoms with E-state index in [2.05, 4.69) is 52.9 Å². The highest BCUT2D eigenvalue weighted by Gasteiger charge is 2.09. The molecule has 90 valence electrons. The molecular weight excluding hydrogens is 286 g/mol. The summed E-state index contributed by atoms with van der Waals surface area (Å²) in [5, 5.41) is 0. The average molecular weight is 305 g/mol. The minimum absolute atomic E-state index is 0.568. The Labute approximate surface area is 112 Å². The smallest absolute Gasteiger partial charge is 0.0494 e. The molecule has 0 aliphatic heterocycles. The van der Waals surface area contributed by atoms with Gasteiger partial charge < -0.3 is 4.90 Å². The van der Waals surface area contributed by atoms with Gasteiger partial charge >= 0.3 is 0 Å². The topological polar surface area (TPSA) is 3.24 Å². The fourth-order valence-electron chi connectivity index (χ4n) is 1.86. The molecular formula is C13H19BrClN. The Morgan fingerprint density at radius 3 is 2.31 bits per heavy atom. The van der Waals surface area contributed by atoms with Gasteiger partial charge in [0.15, 0.2) is 0 Å². The summed E-state index contributed by atoms with van der Waals surface area (Å²) in [6, 6.07) is 6.36. The summed E-state index contributed by atoms with van der Waals surface area (Å²) in [7, 11) is 0. The molecule has 0 aliphatic carbocycles. The first-order valence-electron chi connectivity index (χ1n) is 5.82. The van der Waals surface area contributed by atoms with Crippen molar-refractivity contribution in [3.8, 4) is 0 Å². The Morgan fingerprint density at radius 2 is 1.81 bits per heavy atom. The highest BCUT2D eigenvalue weighted by Crippen LogP contribution is 2.26. The molecule has 0 aliphatic rings. The SMILES string of the molecule is CCCN(CCC)c1ccc(Br)cc1CCl. The lowest BCUT2D eigenvalue weighted by Gasteiger charge is -2.26. The van der Waals surface area contributed by atoms with E-state index in [1.807, 2.05) is 0 Å². The van der Waals surface area contributed by atoms with Gasteiger partial charge in [-0.1, -0.05) is 29.8 Å². The Balaban J connectivity index is 2.97. The zero-order chi connectivity index (χ0) is 12.0. The summed E-state index contributed by atoms with van der Waals surface area (Å²) < 4.78 is 1.10. The van der Waals surface area contributed by atoms with Gasteiger partial charge in [0, 0.05) is 29.1 Å². The standard InChI is InChI=1S/C13H19BrClN/c1-3-7-16(8-4-2)13-6-5-12(14)9-11(13)10-15/h5-6,9H,3-4,7-8,10H2,1-2H3. The summed E-state index contributed by atoms with van der Waals surface area (Å²) in [4.78, 5) is 2.42. The van der Waals surface area contributed by atoms with Gasteiger partial charge in [0.1, 0.15) is 0 Å². The van der Waals surface area contributed by atoms with Gasteiger partial charge in [-0.2, -0.15) is 0 Å². The van der Waals surface area contributed by atoms with Crippen molar-refractivity contribution in [3.63, 3.8) is 0 Å². The van der Waals surface area contributed by atoms with E-state index in [1.54, 1.807) is 0 Å². The van der Waals surface area contributed by atoms with Gasteiger partial charge in [0.05, 0.1) is 0 Å². The molecule has 0 radical (unpaired) electrons. The highest BCUT2D eigenvalue weighted by molar-refractivity contribution is 9.10. The molecule has 0 saturated heterocycles. The molecule has 0 aromatic heterocycles. The second-order valence-corrected chi connectivity index (χ2v) is 5.08. The van der Waals surface area contributed by atoms with Crippen LogP contribution in [0.15, 0.2) is 22.7 Å². The fourth-order valence-corrected chi connectivity index (χ4v) is 2.48. The molecule has 1 aromatic rings. The Bertz CT molecular complexity index is 322. The zero-order valence-corrected chi connectivity index (χ0v) is 12.3. The monoisotopic (exact) mass is 303 g/mol. The van der Waals surface area contributed by atoms with E-state index in [0.717, 1.165) is 30.4 Å². The van der Waals surface area contributed by atoms with E-state index < -0.39 is 0 Å². The third-order valence-electron chi connectivity index (χ3n) is 2.51. The summed E-state index contributed by atoms with van der Waals surface area (Å²) in [5.74, 6) is 0.568. The maximum absolute atomic E-state index is 6.00. The molecule has 0 spiro atoms. The lowest BCUT2D eigenvalue weighted by atomic mass is 10.1. The molecule has 0 unspecified atom stereocenters. The van der Waals surface area contributed by atoms with Crippen LogP contribution in [-0.2, 0) is 5.88 Å².